The van der Waals surface area contributed by atoms with Crippen molar-refractivity contribution >= 4 is 23.3 Å². The van der Waals surface area contributed by atoms with Gasteiger partial charge in [-0.05, 0) is 45.2 Å². The van der Waals surface area contributed by atoms with Crippen LogP contribution in [0.2, 0.25) is 0 Å². The van der Waals surface area contributed by atoms with E-state index >= 15 is 0 Å². The highest BCUT2D eigenvalue weighted by atomic mass is 32.1. The van der Waals surface area contributed by atoms with Gasteiger partial charge in [0.05, 0.1) is 6.04 Å². The largest absolute Gasteiger partial charge is 0.444 e. The van der Waals surface area contributed by atoms with Crippen molar-refractivity contribution in [3.8, 4) is 0 Å². The van der Waals surface area contributed by atoms with E-state index in [1.165, 1.54) is 4.90 Å². The Balaban J connectivity index is 3.03. The van der Waals surface area contributed by atoms with Gasteiger partial charge in [0.25, 0.3) is 0 Å². The maximum atomic E-state index is 12.3. The summed E-state index contributed by atoms with van der Waals surface area (Å²) < 4.78 is 5.37. The van der Waals surface area contributed by atoms with Gasteiger partial charge >= 0.3 is 6.09 Å². The highest BCUT2D eigenvalue weighted by Gasteiger charge is 2.32. The molecule has 6 heteroatoms. The molecule has 1 amide bonds. The van der Waals surface area contributed by atoms with E-state index in [2.05, 4.69) is 0 Å². The summed E-state index contributed by atoms with van der Waals surface area (Å²) in [5.41, 5.74) is 7.07. The summed E-state index contributed by atoms with van der Waals surface area (Å²) in [6.45, 7) is 7.35. The fourth-order valence-electron chi connectivity index (χ4n) is 2.18. The number of benzene rings is 1. The summed E-state index contributed by atoms with van der Waals surface area (Å²) in [4.78, 5) is 13.6. The monoisotopic (exact) mass is 338 g/mol. The molecule has 1 rings (SSSR count). The van der Waals surface area contributed by atoms with Crippen molar-refractivity contribution in [2.75, 3.05) is 7.05 Å². The lowest BCUT2D eigenvalue weighted by Crippen LogP contribution is -2.51. The molecule has 0 saturated carbocycles. The Morgan fingerprint density at radius 2 is 1.96 bits per heavy atom. The third-order valence-corrected chi connectivity index (χ3v) is 3.77. The lowest BCUT2D eigenvalue weighted by atomic mass is 9.97. The molecule has 5 nitrogen and oxygen atoms in total. The highest BCUT2D eigenvalue weighted by Crippen LogP contribution is 2.18. The minimum atomic E-state index is -1.11. The van der Waals surface area contributed by atoms with E-state index in [1.807, 2.05) is 31.2 Å². The van der Waals surface area contributed by atoms with Gasteiger partial charge in [-0.2, -0.15) is 0 Å². The summed E-state index contributed by atoms with van der Waals surface area (Å²) >= 11 is 4.91. The van der Waals surface area contributed by atoms with E-state index in [0.717, 1.165) is 11.1 Å². The minimum Gasteiger partial charge on any atom is -0.444 e. The topological polar surface area (TPSA) is 75.8 Å². The zero-order valence-electron chi connectivity index (χ0n) is 14.4. The number of aliphatic hydroxyl groups excluding tert-OH is 1. The van der Waals surface area contributed by atoms with Gasteiger partial charge in [-0.3, -0.25) is 0 Å². The van der Waals surface area contributed by atoms with Crippen LogP contribution in [-0.4, -0.2) is 45.9 Å². The Labute approximate surface area is 143 Å². The molecular weight excluding hydrogens is 312 g/mol. The SMILES string of the molecule is Cc1ccccc1C[C@@H](C(O)C(N)=S)N(C)C(=O)OC(C)(C)C. The van der Waals surface area contributed by atoms with Crippen LogP contribution in [-0.2, 0) is 11.2 Å². The Morgan fingerprint density at radius 3 is 2.43 bits per heavy atom. The van der Waals surface area contributed by atoms with Crippen LogP contribution < -0.4 is 5.73 Å². The first kappa shape index (κ1) is 19.4. The van der Waals surface area contributed by atoms with E-state index in [0.29, 0.717) is 6.42 Å². The Morgan fingerprint density at radius 1 is 1.39 bits per heavy atom. The number of rotatable bonds is 5. The normalized spacial score (nSPS) is 14.0. The average molecular weight is 338 g/mol. The quantitative estimate of drug-likeness (QED) is 0.807. The molecule has 0 saturated heterocycles. The number of amides is 1. The van der Waals surface area contributed by atoms with Crippen LogP contribution in [0.5, 0.6) is 0 Å². The molecule has 0 aromatic heterocycles. The number of hydrogen-bond acceptors (Lipinski definition) is 4. The number of nitrogens with two attached hydrogens (primary N) is 1. The minimum absolute atomic E-state index is 0.0426. The number of carbonyl (C=O) groups is 1. The number of thiocarbonyl (C=S) groups is 1. The molecule has 0 aliphatic carbocycles. The van der Waals surface area contributed by atoms with Crippen molar-refractivity contribution in [2.24, 2.45) is 5.73 Å². The predicted molar refractivity (Wildman–Crippen MR) is 95.5 cm³/mol. The molecule has 0 fully saturated rings. The van der Waals surface area contributed by atoms with E-state index < -0.39 is 23.8 Å². The molecular formula is C17H26N2O3S. The second-order valence-electron chi connectivity index (χ2n) is 6.64. The molecule has 0 radical (unpaired) electrons. The molecule has 2 atom stereocenters. The van der Waals surface area contributed by atoms with Crippen LogP contribution in [0.25, 0.3) is 0 Å². The first-order valence-corrected chi connectivity index (χ1v) is 7.91. The van der Waals surface area contributed by atoms with Crippen LogP contribution in [0.15, 0.2) is 24.3 Å². The predicted octanol–water partition coefficient (Wildman–Crippen LogP) is 2.42. The average Bonchev–Trinajstić information content (AvgIpc) is 2.43. The second-order valence-corrected chi connectivity index (χ2v) is 7.11. The number of ether oxygens (including phenoxy) is 1. The van der Waals surface area contributed by atoms with Gasteiger partial charge < -0.3 is 20.5 Å². The molecule has 128 valence electrons. The van der Waals surface area contributed by atoms with E-state index in [1.54, 1.807) is 27.8 Å². The number of aryl methyl sites for hydroxylation is 1. The molecule has 0 heterocycles. The molecule has 3 N–H and O–H groups in total. The third-order valence-electron chi connectivity index (χ3n) is 3.53. The van der Waals surface area contributed by atoms with E-state index in [9.17, 15) is 9.90 Å². The summed E-state index contributed by atoms with van der Waals surface area (Å²) in [5, 5.41) is 10.3. The lowest BCUT2D eigenvalue weighted by molar-refractivity contribution is 0.0114. The van der Waals surface area contributed by atoms with E-state index in [4.69, 9.17) is 22.7 Å². The molecule has 1 aromatic carbocycles. The fraction of sp³-hybridized carbons (Fsp3) is 0.529. The van der Waals surface area contributed by atoms with Crippen LogP contribution in [0, 0.1) is 6.92 Å². The lowest BCUT2D eigenvalue weighted by Gasteiger charge is -2.33. The van der Waals surface area contributed by atoms with Crippen molar-refractivity contribution in [1.29, 1.82) is 0 Å². The first-order chi connectivity index (χ1) is 10.5. The Bertz CT molecular complexity index is 569. The summed E-state index contributed by atoms with van der Waals surface area (Å²) in [6, 6.07) is 7.20. The van der Waals surface area contributed by atoms with Crippen LogP contribution in [0.3, 0.4) is 0 Å². The Kier molecular flexibility index (Phi) is 6.53. The molecule has 0 aliphatic rings. The summed E-state index contributed by atoms with van der Waals surface area (Å²) in [5.74, 6) is 0. The molecule has 1 aromatic rings. The highest BCUT2D eigenvalue weighted by molar-refractivity contribution is 7.80. The number of likely N-dealkylation sites (N-methyl/N-ethyl adjacent to an activating group) is 1. The van der Waals surface area contributed by atoms with Gasteiger partial charge in [-0.1, -0.05) is 36.5 Å². The zero-order chi connectivity index (χ0) is 17.8. The molecule has 0 bridgehead atoms. The van der Waals surface area contributed by atoms with Crippen molar-refractivity contribution < 1.29 is 14.6 Å². The number of aliphatic hydroxyl groups is 1. The maximum absolute atomic E-state index is 12.3. The molecule has 0 aliphatic heterocycles. The third kappa shape index (κ3) is 5.80. The van der Waals surface area contributed by atoms with Crippen LogP contribution in [0.1, 0.15) is 31.9 Å². The summed E-state index contributed by atoms with van der Waals surface area (Å²) in [7, 11) is 1.58. The van der Waals surface area contributed by atoms with Gasteiger partial charge in [-0.15, -0.1) is 0 Å². The van der Waals surface area contributed by atoms with Crippen molar-refractivity contribution in [3.63, 3.8) is 0 Å². The van der Waals surface area contributed by atoms with Crippen molar-refractivity contribution in [3.05, 3.63) is 35.4 Å². The first-order valence-electron chi connectivity index (χ1n) is 7.50. The second kappa shape index (κ2) is 7.75. The van der Waals surface area contributed by atoms with Gasteiger partial charge in [0.15, 0.2) is 0 Å². The van der Waals surface area contributed by atoms with Gasteiger partial charge in [0.2, 0.25) is 0 Å². The van der Waals surface area contributed by atoms with Crippen LogP contribution >= 0.6 is 12.2 Å². The van der Waals surface area contributed by atoms with Gasteiger partial charge in [0, 0.05) is 7.05 Å². The van der Waals surface area contributed by atoms with Gasteiger partial charge in [0.1, 0.15) is 16.7 Å². The zero-order valence-corrected chi connectivity index (χ0v) is 15.2. The van der Waals surface area contributed by atoms with E-state index in [-0.39, 0.29) is 4.99 Å². The molecule has 23 heavy (non-hydrogen) atoms. The van der Waals surface area contributed by atoms with Crippen molar-refractivity contribution in [1.82, 2.24) is 4.90 Å². The number of nitrogens with zero attached hydrogens (tertiary/aromatic N) is 1. The smallest absolute Gasteiger partial charge is 0.410 e. The van der Waals surface area contributed by atoms with Gasteiger partial charge in [-0.25, -0.2) is 4.79 Å². The standard InChI is InChI=1S/C17H26N2O3S/c1-11-8-6-7-9-12(11)10-13(14(20)15(18)23)19(5)16(21)22-17(2,3)4/h6-9,13-14,20H,10H2,1-5H3,(H2,18,23)/t13-,14?/m0/s1. The molecule has 0 spiro atoms. The number of carbonyl (C=O) groups excluding carboxylic acids is 1. The summed E-state index contributed by atoms with van der Waals surface area (Å²) in [6.07, 6.45) is -1.20. The maximum Gasteiger partial charge on any atom is 0.410 e. The molecule has 1 unspecified atom stereocenters. The van der Waals surface area contributed by atoms with Crippen LogP contribution in [0.4, 0.5) is 4.79 Å². The Hall–Kier alpha value is -1.66. The fourth-order valence-corrected chi connectivity index (χ4v) is 2.34. The number of hydrogen-bond donors (Lipinski definition) is 2. The van der Waals surface area contributed by atoms with Crippen molar-refractivity contribution in [2.45, 2.75) is 51.9 Å².